The van der Waals surface area contributed by atoms with Crippen LogP contribution in [0.2, 0.25) is 0 Å². The van der Waals surface area contributed by atoms with Gasteiger partial charge >= 0.3 is 0 Å². The second-order valence-corrected chi connectivity index (χ2v) is 6.01. The molecule has 0 spiro atoms. The molecule has 2 aromatic rings. The fourth-order valence-corrected chi connectivity index (χ4v) is 2.95. The third-order valence-electron chi connectivity index (χ3n) is 4.10. The Morgan fingerprint density at radius 2 is 2.30 bits per heavy atom. The van der Waals surface area contributed by atoms with E-state index in [0.717, 1.165) is 37.4 Å². The fourth-order valence-electron chi connectivity index (χ4n) is 2.95. The van der Waals surface area contributed by atoms with Crippen molar-refractivity contribution in [3.8, 4) is 0 Å². The number of aryl methyl sites for hydroxylation is 2. The summed E-state index contributed by atoms with van der Waals surface area (Å²) in [5.74, 6) is 1.07. The van der Waals surface area contributed by atoms with E-state index >= 15 is 0 Å². The van der Waals surface area contributed by atoms with Crippen LogP contribution in [0.15, 0.2) is 36.7 Å². The highest BCUT2D eigenvalue weighted by molar-refractivity contribution is 5.76. The first-order chi connectivity index (χ1) is 11.2. The summed E-state index contributed by atoms with van der Waals surface area (Å²) in [6.45, 7) is 4.39. The molecule has 0 radical (unpaired) electrons. The highest BCUT2D eigenvalue weighted by atomic mass is 16.1. The molecule has 6 heteroatoms. The Bertz CT molecular complexity index is 639. The normalized spacial score (nSPS) is 18.0. The lowest BCUT2D eigenvalue weighted by molar-refractivity contribution is -0.122. The van der Waals surface area contributed by atoms with Crippen LogP contribution in [0.3, 0.4) is 0 Å². The Morgan fingerprint density at radius 3 is 3.04 bits per heavy atom. The Kier molecular flexibility index (Phi) is 4.90. The molecule has 0 aliphatic carbocycles. The minimum absolute atomic E-state index is 0.0889. The number of nitrogens with zero attached hydrogens (tertiary/aromatic N) is 4. The molecule has 1 amide bonds. The summed E-state index contributed by atoms with van der Waals surface area (Å²) in [5.41, 5.74) is 0.976. The number of piperidine rings is 1. The van der Waals surface area contributed by atoms with Gasteiger partial charge in [0, 0.05) is 44.5 Å². The summed E-state index contributed by atoms with van der Waals surface area (Å²) in [5, 5.41) is 7.45. The number of amides is 1. The predicted octanol–water partition coefficient (Wildman–Crippen LogP) is 1.76. The van der Waals surface area contributed by atoms with Gasteiger partial charge in [-0.2, -0.15) is 5.10 Å². The van der Waals surface area contributed by atoms with E-state index in [1.165, 1.54) is 0 Å². The molecule has 1 saturated heterocycles. The quantitative estimate of drug-likeness (QED) is 0.913. The van der Waals surface area contributed by atoms with Crippen molar-refractivity contribution in [2.45, 2.75) is 38.8 Å². The number of anilines is 1. The maximum absolute atomic E-state index is 12.1. The van der Waals surface area contributed by atoms with Crippen molar-refractivity contribution in [2.75, 3.05) is 18.0 Å². The van der Waals surface area contributed by atoms with Crippen LogP contribution in [0.5, 0.6) is 0 Å². The molecular weight excluding hydrogens is 290 g/mol. The number of aromatic nitrogens is 3. The second kappa shape index (κ2) is 7.26. The lowest BCUT2D eigenvalue weighted by Crippen LogP contribution is -2.48. The van der Waals surface area contributed by atoms with E-state index in [0.29, 0.717) is 13.0 Å². The van der Waals surface area contributed by atoms with E-state index in [9.17, 15) is 4.79 Å². The molecule has 6 nitrogen and oxygen atoms in total. The van der Waals surface area contributed by atoms with Crippen molar-refractivity contribution in [2.24, 2.45) is 0 Å². The van der Waals surface area contributed by atoms with Gasteiger partial charge < -0.3 is 10.2 Å². The van der Waals surface area contributed by atoms with Crippen LogP contribution in [0, 0.1) is 6.92 Å². The van der Waals surface area contributed by atoms with Crippen molar-refractivity contribution in [3.63, 3.8) is 0 Å². The summed E-state index contributed by atoms with van der Waals surface area (Å²) in [6, 6.07) is 8.08. The number of pyridine rings is 1. The van der Waals surface area contributed by atoms with Crippen LogP contribution in [0.1, 0.15) is 25.0 Å². The monoisotopic (exact) mass is 313 g/mol. The van der Waals surface area contributed by atoms with Gasteiger partial charge in [0.2, 0.25) is 5.91 Å². The summed E-state index contributed by atoms with van der Waals surface area (Å²) >= 11 is 0. The lowest BCUT2D eigenvalue weighted by Gasteiger charge is -2.34. The van der Waals surface area contributed by atoms with Crippen LogP contribution in [-0.2, 0) is 11.3 Å². The van der Waals surface area contributed by atoms with Gasteiger partial charge in [0.15, 0.2) is 0 Å². The summed E-state index contributed by atoms with van der Waals surface area (Å²) in [7, 11) is 0. The van der Waals surface area contributed by atoms with Gasteiger partial charge in [-0.05, 0) is 38.0 Å². The van der Waals surface area contributed by atoms with Gasteiger partial charge in [0.05, 0.1) is 5.69 Å². The third-order valence-corrected chi connectivity index (χ3v) is 4.10. The molecule has 23 heavy (non-hydrogen) atoms. The van der Waals surface area contributed by atoms with E-state index in [4.69, 9.17) is 0 Å². The standard InChI is InChI=1S/C17H23N5O/c1-14-7-11-22(20-14)12-8-17(23)19-15-5-4-10-21(13-15)16-6-2-3-9-18-16/h2-3,6-7,9,11,15H,4-5,8,10,12-13H2,1H3,(H,19,23)/t15-/m1/s1. The third kappa shape index (κ3) is 4.31. The van der Waals surface area contributed by atoms with Crippen molar-refractivity contribution in [1.29, 1.82) is 0 Å². The van der Waals surface area contributed by atoms with Crippen molar-refractivity contribution in [1.82, 2.24) is 20.1 Å². The van der Waals surface area contributed by atoms with Crippen LogP contribution in [-0.4, -0.2) is 39.8 Å². The number of hydrogen-bond acceptors (Lipinski definition) is 4. The van der Waals surface area contributed by atoms with E-state index in [1.807, 2.05) is 48.3 Å². The summed E-state index contributed by atoms with van der Waals surface area (Å²) in [6.07, 6.45) is 6.27. The van der Waals surface area contributed by atoms with Gasteiger partial charge in [-0.25, -0.2) is 4.98 Å². The smallest absolute Gasteiger partial charge is 0.222 e. The molecule has 1 aliphatic rings. The van der Waals surface area contributed by atoms with E-state index < -0.39 is 0 Å². The number of rotatable bonds is 5. The molecule has 0 unspecified atom stereocenters. The lowest BCUT2D eigenvalue weighted by atomic mass is 10.1. The maximum Gasteiger partial charge on any atom is 0.222 e. The van der Waals surface area contributed by atoms with E-state index in [1.54, 1.807) is 0 Å². The number of hydrogen-bond donors (Lipinski definition) is 1. The zero-order valence-electron chi connectivity index (χ0n) is 13.5. The van der Waals surface area contributed by atoms with Crippen molar-refractivity contribution in [3.05, 3.63) is 42.4 Å². The van der Waals surface area contributed by atoms with Crippen molar-refractivity contribution < 1.29 is 4.79 Å². The minimum atomic E-state index is 0.0889. The molecule has 2 aromatic heterocycles. The molecular formula is C17H23N5O. The average Bonchev–Trinajstić information content (AvgIpc) is 3.00. The summed E-state index contributed by atoms with van der Waals surface area (Å²) < 4.78 is 1.82. The van der Waals surface area contributed by atoms with Crippen LogP contribution >= 0.6 is 0 Å². The highest BCUT2D eigenvalue weighted by Gasteiger charge is 2.22. The molecule has 1 aliphatic heterocycles. The predicted molar refractivity (Wildman–Crippen MR) is 89.2 cm³/mol. The number of carbonyl (C=O) groups is 1. The van der Waals surface area contributed by atoms with E-state index in [2.05, 4.69) is 20.3 Å². The first kappa shape index (κ1) is 15.5. The first-order valence-electron chi connectivity index (χ1n) is 8.16. The number of carbonyl (C=O) groups excluding carboxylic acids is 1. The molecule has 0 saturated carbocycles. The zero-order chi connectivity index (χ0) is 16.1. The minimum Gasteiger partial charge on any atom is -0.355 e. The maximum atomic E-state index is 12.1. The Morgan fingerprint density at radius 1 is 1.39 bits per heavy atom. The van der Waals surface area contributed by atoms with Crippen LogP contribution in [0.25, 0.3) is 0 Å². The summed E-state index contributed by atoms with van der Waals surface area (Å²) in [4.78, 5) is 18.8. The molecule has 3 heterocycles. The first-order valence-corrected chi connectivity index (χ1v) is 8.16. The van der Waals surface area contributed by atoms with Gasteiger partial charge in [-0.3, -0.25) is 9.48 Å². The Balaban J connectivity index is 1.48. The van der Waals surface area contributed by atoms with Crippen molar-refractivity contribution >= 4 is 11.7 Å². The number of nitrogens with one attached hydrogen (secondary N) is 1. The molecule has 0 aromatic carbocycles. The molecule has 0 bridgehead atoms. The topological polar surface area (TPSA) is 63.1 Å². The Hall–Kier alpha value is -2.37. The fraction of sp³-hybridized carbons (Fsp3) is 0.471. The average molecular weight is 313 g/mol. The van der Waals surface area contributed by atoms with Gasteiger partial charge in [-0.1, -0.05) is 6.07 Å². The molecule has 1 atom stereocenters. The van der Waals surface area contributed by atoms with Gasteiger partial charge in [0.1, 0.15) is 5.82 Å². The van der Waals surface area contributed by atoms with E-state index in [-0.39, 0.29) is 11.9 Å². The van der Waals surface area contributed by atoms with Gasteiger partial charge in [0.25, 0.3) is 0 Å². The highest BCUT2D eigenvalue weighted by Crippen LogP contribution is 2.17. The largest absolute Gasteiger partial charge is 0.355 e. The zero-order valence-corrected chi connectivity index (χ0v) is 13.5. The molecule has 1 N–H and O–H groups in total. The molecule has 122 valence electrons. The molecule has 3 rings (SSSR count). The van der Waals surface area contributed by atoms with Crippen LogP contribution in [0.4, 0.5) is 5.82 Å². The second-order valence-electron chi connectivity index (χ2n) is 6.01. The Labute approximate surface area is 136 Å². The molecule has 1 fully saturated rings. The SMILES string of the molecule is Cc1ccn(CCC(=O)N[C@@H]2CCCN(c3ccccn3)C2)n1. The van der Waals surface area contributed by atoms with Gasteiger partial charge in [-0.15, -0.1) is 0 Å². The van der Waals surface area contributed by atoms with Crippen LogP contribution < -0.4 is 10.2 Å².